The quantitative estimate of drug-likeness (QED) is 0.776. The molecule has 0 aliphatic carbocycles. The number of carbonyl (C=O) groups excluding carboxylic acids is 1. The highest BCUT2D eigenvalue weighted by molar-refractivity contribution is 5.94. The molecule has 1 aromatic carbocycles. The summed E-state index contributed by atoms with van der Waals surface area (Å²) in [6.07, 6.45) is 3.09. The molecule has 3 rings (SSSR count). The first kappa shape index (κ1) is 14.7. The SMILES string of the molecule is O=C(N[C@@H](c1ccccc1)c1ccccn1)c1ccc(=O)[nH]c1. The number of aromatic nitrogens is 2. The maximum atomic E-state index is 12.5. The molecule has 1 amide bonds. The van der Waals surface area contributed by atoms with E-state index in [0.29, 0.717) is 5.56 Å². The minimum Gasteiger partial charge on any atom is -0.339 e. The summed E-state index contributed by atoms with van der Waals surface area (Å²) in [4.78, 5) is 30.4. The van der Waals surface area contributed by atoms with Gasteiger partial charge in [-0.1, -0.05) is 36.4 Å². The van der Waals surface area contributed by atoms with Crippen LogP contribution in [0.15, 0.2) is 77.9 Å². The van der Waals surface area contributed by atoms with Crippen molar-refractivity contribution in [2.45, 2.75) is 6.04 Å². The first-order valence-corrected chi connectivity index (χ1v) is 7.19. The van der Waals surface area contributed by atoms with Crippen molar-refractivity contribution in [3.8, 4) is 0 Å². The van der Waals surface area contributed by atoms with Crippen LogP contribution >= 0.6 is 0 Å². The summed E-state index contributed by atoms with van der Waals surface area (Å²) in [5, 5.41) is 2.96. The van der Waals surface area contributed by atoms with Gasteiger partial charge in [0.15, 0.2) is 0 Å². The van der Waals surface area contributed by atoms with E-state index in [2.05, 4.69) is 15.3 Å². The Balaban J connectivity index is 1.92. The van der Waals surface area contributed by atoms with Crippen LogP contribution in [-0.4, -0.2) is 15.9 Å². The molecule has 0 bridgehead atoms. The molecule has 0 aliphatic rings. The van der Waals surface area contributed by atoms with Gasteiger partial charge in [0, 0.05) is 18.5 Å². The van der Waals surface area contributed by atoms with Crippen molar-refractivity contribution in [2.75, 3.05) is 0 Å². The fourth-order valence-corrected chi connectivity index (χ4v) is 2.29. The normalized spacial score (nSPS) is 11.7. The number of nitrogens with zero attached hydrogens (tertiary/aromatic N) is 1. The van der Waals surface area contributed by atoms with E-state index in [9.17, 15) is 9.59 Å². The zero-order chi connectivity index (χ0) is 16.1. The van der Waals surface area contributed by atoms with E-state index in [4.69, 9.17) is 0 Å². The molecule has 5 heteroatoms. The Morgan fingerprint density at radius 1 is 1.00 bits per heavy atom. The summed E-state index contributed by atoms with van der Waals surface area (Å²) >= 11 is 0. The molecule has 0 unspecified atom stereocenters. The lowest BCUT2D eigenvalue weighted by atomic mass is 10.0. The van der Waals surface area contributed by atoms with Crippen LogP contribution in [0.1, 0.15) is 27.7 Å². The molecule has 114 valence electrons. The molecule has 1 atom stereocenters. The van der Waals surface area contributed by atoms with E-state index >= 15 is 0 Å². The highest BCUT2D eigenvalue weighted by Gasteiger charge is 2.18. The van der Waals surface area contributed by atoms with Crippen molar-refractivity contribution in [3.63, 3.8) is 0 Å². The third-order valence-electron chi connectivity index (χ3n) is 3.44. The summed E-state index contributed by atoms with van der Waals surface area (Å²) in [6, 6.07) is 17.7. The Morgan fingerprint density at radius 2 is 1.78 bits per heavy atom. The molecule has 0 radical (unpaired) electrons. The van der Waals surface area contributed by atoms with Gasteiger partial charge in [-0.05, 0) is 23.8 Å². The smallest absolute Gasteiger partial charge is 0.253 e. The van der Waals surface area contributed by atoms with Crippen LogP contribution in [0, 0.1) is 0 Å². The van der Waals surface area contributed by atoms with Gasteiger partial charge in [-0.3, -0.25) is 14.6 Å². The van der Waals surface area contributed by atoms with E-state index in [0.717, 1.165) is 11.3 Å². The monoisotopic (exact) mass is 305 g/mol. The molecule has 2 heterocycles. The standard InChI is InChI=1S/C18H15N3O2/c22-16-10-9-14(12-20-16)18(23)21-17(13-6-2-1-3-7-13)15-8-4-5-11-19-15/h1-12,17H,(H,20,22)(H,21,23)/t17-/m0/s1. The molecule has 0 fully saturated rings. The van der Waals surface area contributed by atoms with Crippen molar-refractivity contribution in [1.29, 1.82) is 0 Å². The molecule has 2 aromatic heterocycles. The first-order chi connectivity index (χ1) is 11.2. The average molecular weight is 305 g/mol. The number of hydrogen-bond acceptors (Lipinski definition) is 3. The zero-order valence-corrected chi connectivity index (χ0v) is 12.3. The van der Waals surface area contributed by atoms with Crippen LogP contribution in [0.2, 0.25) is 0 Å². The summed E-state index contributed by atoms with van der Waals surface area (Å²) in [7, 11) is 0. The molecule has 3 aromatic rings. The van der Waals surface area contributed by atoms with Crippen LogP contribution in [0.3, 0.4) is 0 Å². The van der Waals surface area contributed by atoms with Crippen molar-refractivity contribution in [3.05, 3.63) is 100 Å². The Labute approximate surface area is 133 Å². The van der Waals surface area contributed by atoms with Crippen molar-refractivity contribution < 1.29 is 4.79 Å². The second kappa shape index (κ2) is 6.70. The van der Waals surface area contributed by atoms with Crippen molar-refractivity contribution in [2.24, 2.45) is 0 Å². The van der Waals surface area contributed by atoms with Gasteiger partial charge in [0.25, 0.3) is 5.91 Å². The number of nitrogens with one attached hydrogen (secondary N) is 2. The minimum atomic E-state index is -0.364. The summed E-state index contributed by atoms with van der Waals surface area (Å²) in [5.41, 5.74) is 1.83. The lowest BCUT2D eigenvalue weighted by Gasteiger charge is -2.18. The fourth-order valence-electron chi connectivity index (χ4n) is 2.29. The number of amides is 1. The molecule has 0 spiro atoms. The Hall–Kier alpha value is -3.21. The molecule has 0 aliphatic heterocycles. The number of pyridine rings is 2. The molecule has 23 heavy (non-hydrogen) atoms. The van der Waals surface area contributed by atoms with Gasteiger partial charge in [-0.2, -0.15) is 0 Å². The molecule has 0 saturated heterocycles. The van der Waals surface area contributed by atoms with Gasteiger partial charge >= 0.3 is 0 Å². The van der Waals surface area contributed by atoms with E-state index in [1.54, 1.807) is 6.20 Å². The van der Waals surface area contributed by atoms with Gasteiger partial charge in [0.1, 0.15) is 0 Å². The van der Waals surface area contributed by atoms with Crippen LogP contribution in [0.4, 0.5) is 0 Å². The predicted molar refractivity (Wildman–Crippen MR) is 87.1 cm³/mol. The van der Waals surface area contributed by atoms with Crippen LogP contribution in [-0.2, 0) is 0 Å². The second-order valence-corrected chi connectivity index (χ2v) is 5.01. The summed E-state index contributed by atoms with van der Waals surface area (Å²) in [5.74, 6) is -0.277. The van der Waals surface area contributed by atoms with E-state index in [-0.39, 0.29) is 17.5 Å². The maximum absolute atomic E-state index is 12.5. The van der Waals surface area contributed by atoms with Crippen LogP contribution < -0.4 is 10.9 Å². The Bertz CT molecular complexity index is 785. The number of benzene rings is 1. The van der Waals surface area contributed by atoms with E-state index < -0.39 is 0 Å². The molecular weight excluding hydrogens is 290 g/mol. The second-order valence-electron chi connectivity index (χ2n) is 5.01. The highest BCUT2D eigenvalue weighted by Crippen LogP contribution is 2.20. The van der Waals surface area contributed by atoms with E-state index in [1.165, 1.54) is 18.3 Å². The number of H-pyrrole nitrogens is 1. The number of hydrogen-bond donors (Lipinski definition) is 2. The van der Waals surface area contributed by atoms with Crippen molar-refractivity contribution in [1.82, 2.24) is 15.3 Å². The van der Waals surface area contributed by atoms with Crippen LogP contribution in [0.5, 0.6) is 0 Å². The van der Waals surface area contributed by atoms with E-state index in [1.807, 2.05) is 48.5 Å². The maximum Gasteiger partial charge on any atom is 0.253 e. The van der Waals surface area contributed by atoms with Gasteiger partial charge < -0.3 is 10.3 Å². The van der Waals surface area contributed by atoms with Gasteiger partial charge in [0.2, 0.25) is 5.56 Å². The van der Waals surface area contributed by atoms with Gasteiger partial charge in [-0.15, -0.1) is 0 Å². The van der Waals surface area contributed by atoms with Gasteiger partial charge in [0.05, 0.1) is 17.3 Å². The molecular formula is C18H15N3O2. The summed E-state index contributed by atoms with van der Waals surface area (Å²) in [6.45, 7) is 0. The highest BCUT2D eigenvalue weighted by atomic mass is 16.2. The number of rotatable bonds is 4. The lowest BCUT2D eigenvalue weighted by Crippen LogP contribution is -2.30. The number of aromatic amines is 1. The predicted octanol–water partition coefficient (Wildman–Crippen LogP) is 2.29. The largest absolute Gasteiger partial charge is 0.339 e. The van der Waals surface area contributed by atoms with Gasteiger partial charge in [-0.25, -0.2) is 0 Å². The fraction of sp³-hybridized carbons (Fsp3) is 0.0556. The average Bonchev–Trinajstić information content (AvgIpc) is 2.61. The molecule has 5 nitrogen and oxygen atoms in total. The lowest BCUT2D eigenvalue weighted by molar-refractivity contribution is 0.0942. The Morgan fingerprint density at radius 3 is 2.43 bits per heavy atom. The minimum absolute atomic E-state index is 0.245. The third-order valence-corrected chi connectivity index (χ3v) is 3.44. The molecule has 0 saturated carbocycles. The summed E-state index contributed by atoms with van der Waals surface area (Å²) < 4.78 is 0. The topological polar surface area (TPSA) is 74.8 Å². The molecule has 2 N–H and O–H groups in total. The third kappa shape index (κ3) is 3.52. The number of carbonyl (C=O) groups is 1. The Kier molecular flexibility index (Phi) is 4.29. The first-order valence-electron chi connectivity index (χ1n) is 7.19. The zero-order valence-electron chi connectivity index (χ0n) is 12.3. The van der Waals surface area contributed by atoms with Crippen LogP contribution in [0.25, 0.3) is 0 Å². The van der Waals surface area contributed by atoms with Crippen molar-refractivity contribution >= 4 is 5.91 Å².